The first kappa shape index (κ1) is 9.72. The fourth-order valence-corrected chi connectivity index (χ4v) is 2.47. The third-order valence-corrected chi connectivity index (χ3v) is 3.21. The molecule has 0 aromatic heterocycles. The maximum Gasteiger partial charge on any atom is 0.0727 e. The Morgan fingerprint density at radius 2 is 1.86 bits per heavy atom. The molecule has 1 heterocycles. The van der Waals surface area contributed by atoms with Gasteiger partial charge in [0.05, 0.1) is 13.2 Å². The van der Waals surface area contributed by atoms with Crippen molar-refractivity contribution >= 4 is 0 Å². The fraction of sp³-hybridized carbons (Fsp3) is 0.538. The standard InChI is InChI=1S/C13H18O/c1-4-10-6-9(3)11(5-2)13-8-14-7-12(10)13/h6H,4-5,7-8H2,1-3H3. The Bertz CT molecular complexity index is 353. The van der Waals surface area contributed by atoms with Gasteiger partial charge in [0.15, 0.2) is 0 Å². The lowest BCUT2D eigenvalue weighted by atomic mass is 9.91. The molecule has 1 heteroatoms. The summed E-state index contributed by atoms with van der Waals surface area (Å²) in [5, 5.41) is 0. The molecule has 0 aliphatic carbocycles. The van der Waals surface area contributed by atoms with Gasteiger partial charge < -0.3 is 4.74 Å². The second-order valence-electron chi connectivity index (χ2n) is 3.99. The Morgan fingerprint density at radius 3 is 2.50 bits per heavy atom. The minimum absolute atomic E-state index is 0.825. The van der Waals surface area contributed by atoms with Gasteiger partial charge in [0, 0.05) is 0 Å². The fourth-order valence-electron chi connectivity index (χ4n) is 2.47. The minimum Gasteiger partial charge on any atom is -0.372 e. The quantitative estimate of drug-likeness (QED) is 0.696. The molecule has 76 valence electrons. The number of hydrogen-bond donors (Lipinski definition) is 0. The van der Waals surface area contributed by atoms with Crippen LogP contribution in [0.25, 0.3) is 0 Å². The lowest BCUT2D eigenvalue weighted by Crippen LogP contribution is -2.00. The SMILES string of the molecule is CCc1cc(C)c(CC)c2c1COC2. The number of aryl methyl sites for hydroxylation is 2. The van der Waals surface area contributed by atoms with Crippen LogP contribution in [0.2, 0.25) is 0 Å². The monoisotopic (exact) mass is 190 g/mol. The van der Waals surface area contributed by atoms with Crippen LogP contribution >= 0.6 is 0 Å². The van der Waals surface area contributed by atoms with E-state index >= 15 is 0 Å². The molecule has 0 atom stereocenters. The van der Waals surface area contributed by atoms with E-state index in [2.05, 4.69) is 26.8 Å². The Morgan fingerprint density at radius 1 is 1.14 bits per heavy atom. The molecule has 2 rings (SSSR count). The van der Waals surface area contributed by atoms with E-state index in [4.69, 9.17) is 4.74 Å². The van der Waals surface area contributed by atoms with Crippen molar-refractivity contribution < 1.29 is 4.74 Å². The van der Waals surface area contributed by atoms with Crippen molar-refractivity contribution in [3.63, 3.8) is 0 Å². The van der Waals surface area contributed by atoms with Gasteiger partial charge in [0.25, 0.3) is 0 Å². The summed E-state index contributed by atoms with van der Waals surface area (Å²) >= 11 is 0. The number of hydrogen-bond acceptors (Lipinski definition) is 1. The molecular formula is C13H18O. The second kappa shape index (κ2) is 3.74. The largest absolute Gasteiger partial charge is 0.372 e. The van der Waals surface area contributed by atoms with E-state index in [1.807, 2.05) is 0 Å². The Labute approximate surface area is 86.1 Å². The zero-order chi connectivity index (χ0) is 10.1. The van der Waals surface area contributed by atoms with Gasteiger partial charge in [-0.05, 0) is 47.6 Å². The highest BCUT2D eigenvalue weighted by molar-refractivity contribution is 5.46. The molecule has 1 aliphatic heterocycles. The Balaban J connectivity index is 2.61. The van der Waals surface area contributed by atoms with Gasteiger partial charge in [0.2, 0.25) is 0 Å². The summed E-state index contributed by atoms with van der Waals surface area (Å²) in [7, 11) is 0. The molecule has 14 heavy (non-hydrogen) atoms. The van der Waals surface area contributed by atoms with Crippen molar-refractivity contribution in [2.45, 2.75) is 46.8 Å². The Hall–Kier alpha value is -0.820. The Kier molecular flexibility index (Phi) is 2.60. The first-order valence-electron chi connectivity index (χ1n) is 5.48. The van der Waals surface area contributed by atoms with Crippen LogP contribution in [0.15, 0.2) is 6.07 Å². The molecule has 0 amide bonds. The highest BCUT2D eigenvalue weighted by Gasteiger charge is 2.19. The third-order valence-electron chi connectivity index (χ3n) is 3.21. The molecular weight excluding hydrogens is 172 g/mol. The molecule has 0 unspecified atom stereocenters. The van der Waals surface area contributed by atoms with E-state index in [1.54, 1.807) is 0 Å². The second-order valence-corrected chi connectivity index (χ2v) is 3.99. The van der Waals surface area contributed by atoms with E-state index in [1.165, 1.54) is 27.8 Å². The normalized spacial score (nSPS) is 14.5. The van der Waals surface area contributed by atoms with Crippen LogP contribution in [-0.2, 0) is 30.8 Å². The summed E-state index contributed by atoms with van der Waals surface area (Å²) in [5.74, 6) is 0. The molecule has 0 radical (unpaired) electrons. The highest BCUT2D eigenvalue weighted by Crippen LogP contribution is 2.30. The molecule has 0 saturated carbocycles. The number of ether oxygens (including phenoxy) is 1. The molecule has 0 N–H and O–H groups in total. The van der Waals surface area contributed by atoms with Crippen molar-refractivity contribution in [2.24, 2.45) is 0 Å². The van der Waals surface area contributed by atoms with E-state index in [-0.39, 0.29) is 0 Å². The summed E-state index contributed by atoms with van der Waals surface area (Å²) in [4.78, 5) is 0. The predicted octanol–water partition coefficient (Wildman–Crippen LogP) is 3.15. The summed E-state index contributed by atoms with van der Waals surface area (Å²) in [6.07, 6.45) is 2.25. The summed E-state index contributed by atoms with van der Waals surface area (Å²) in [6, 6.07) is 2.34. The summed E-state index contributed by atoms with van der Waals surface area (Å²) < 4.78 is 5.55. The van der Waals surface area contributed by atoms with E-state index < -0.39 is 0 Å². The smallest absolute Gasteiger partial charge is 0.0727 e. The van der Waals surface area contributed by atoms with Crippen molar-refractivity contribution in [3.05, 3.63) is 33.9 Å². The topological polar surface area (TPSA) is 9.23 Å². The molecule has 1 aromatic rings. The zero-order valence-corrected chi connectivity index (χ0v) is 9.31. The van der Waals surface area contributed by atoms with E-state index in [9.17, 15) is 0 Å². The first-order chi connectivity index (χ1) is 6.77. The van der Waals surface area contributed by atoms with Gasteiger partial charge in [-0.2, -0.15) is 0 Å². The minimum atomic E-state index is 0.825. The lowest BCUT2D eigenvalue weighted by Gasteiger charge is -2.12. The van der Waals surface area contributed by atoms with Crippen LogP contribution in [0.4, 0.5) is 0 Å². The first-order valence-corrected chi connectivity index (χ1v) is 5.48. The molecule has 1 aromatic carbocycles. The van der Waals surface area contributed by atoms with Crippen molar-refractivity contribution in [1.82, 2.24) is 0 Å². The maximum atomic E-state index is 5.55. The molecule has 1 aliphatic rings. The van der Waals surface area contributed by atoms with Crippen LogP contribution in [0.3, 0.4) is 0 Å². The van der Waals surface area contributed by atoms with Gasteiger partial charge in [-0.1, -0.05) is 19.9 Å². The van der Waals surface area contributed by atoms with Crippen LogP contribution in [0.1, 0.15) is 41.7 Å². The van der Waals surface area contributed by atoms with Gasteiger partial charge in [-0.15, -0.1) is 0 Å². The third kappa shape index (κ3) is 1.36. The van der Waals surface area contributed by atoms with E-state index in [0.717, 1.165) is 26.1 Å². The van der Waals surface area contributed by atoms with Crippen LogP contribution in [0, 0.1) is 6.92 Å². The average molecular weight is 190 g/mol. The van der Waals surface area contributed by atoms with Gasteiger partial charge in [-0.3, -0.25) is 0 Å². The average Bonchev–Trinajstić information content (AvgIpc) is 2.65. The van der Waals surface area contributed by atoms with E-state index in [0.29, 0.717) is 0 Å². The van der Waals surface area contributed by atoms with Crippen molar-refractivity contribution in [2.75, 3.05) is 0 Å². The molecule has 0 bridgehead atoms. The van der Waals surface area contributed by atoms with Gasteiger partial charge in [0.1, 0.15) is 0 Å². The highest BCUT2D eigenvalue weighted by atomic mass is 16.5. The van der Waals surface area contributed by atoms with Crippen molar-refractivity contribution in [1.29, 1.82) is 0 Å². The molecule has 1 nitrogen and oxygen atoms in total. The number of rotatable bonds is 2. The molecule has 0 saturated heterocycles. The summed E-state index contributed by atoms with van der Waals surface area (Å²) in [5.41, 5.74) is 7.37. The maximum absolute atomic E-state index is 5.55. The lowest BCUT2D eigenvalue weighted by molar-refractivity contribution is 0.134. The van der Waals surface area contributed by atoms with Gasteiger partial charge >= 0.3 is 0 Å². The van der Waals surface area contributed by atoms with Crippen LogP contribution in [-0.4, -0.2) is 0 Å². The number of benzene rings is 1. The van der Waals surface area contributed by atoms with Crippen LogP contribution < -0.4 is 0 Å². The summed E-state index contributed by atoms with van der Waals surface area (Å²) in [6.45, 7) is 8.32. The van der Waals surface area contributed by atoms with Crippen molar-refractivity contribution in [3.8, 4) is 0 Å². The molecule has 0 spiro atoms. The number of fused-ring (bicyclic) bond motifs is 1. The predicted molar refractivity (Wildman–Crippen MR) is 58.4 cm³/mol. The van der Waals surface area contributed by atoms with Gasteiger partial charge in [-0.25, -0.2) is 0 Å². The van der Waals surface area contributed by atoms with Crippen LogP contribution in [0.5, 0.6) is 0 Å². The molecule has 0 fully saturated rings. The zero-order valence-electron chi connectivity index (χ0n) is 9.31.